The molecule has 0 saturated carbocycles. The van der Waals surface area contributed by atoms with Crippen molar-refractivity contribution in [3.63, 3.8) is 0 Å². The number of sulfonamides is 1. The third-order valence-electron chi connectivity index (χ3n) is 4.68. The van der Waals surface area contributed by atoms with E-state index in [1.54, 1.807) is 19.2 Å². The van der Waals surface area contributed by atoms with E-state index in [0.29, 0.717) is 17.0 Å². The predicted molar refractivity (Wildman–Crippen MR) is 124 cm³/mol. The highest BCUT2D eigenvalue weighted by Crippen LogP contribution is 2.33. The molecule has 32 heavy (non-hydrogen) atoms. The summed E-state index contributed by atoms with van der Waals surface area (Å²) < 4.78 is 45.9. The van der Waals surface area contributed by atoms with Crippen molar-refractivity contribution < 1.29 is 22.3 Å². The van der Waals surface area contributed by atoms with E-state index in [1.807, 2.05) is 0 Å². The Balaban J connectivity index is 1.87. The molecule has 11 heteroatoms. The summed E-state index contributed by atoms with van der Waals surface area (Å²) >= 11 is 7.27. The van der Waals surface area contributed by atoms with Gasteiger partial charge in [-0.3, -0.25) is 10.1 Å². The van der Waals surface area contributed by atoms with Gasteiger partial charge in [0, 0.05) is 29.6 Å². The number of rotatable bonds is 8. The number of ether oxygens (including phenoxy) is 1. The SMILES string of the molecule is CCN(CC)S(=O)(=O)c1cc(C(=O)Nc2nc(-c3cc(F)ccc3OC)cs2)ccc1Cl. The fourth-order valence-electron chi connectivity index (χ4n) is 3.05. The number of hydrogen-bond donors (Lipinski definition) is 1. The Hall–Kier alpha value is -2.53. The lowest BCUT2D eigenvalue weighted by Crippen LogP contribution is -2.31. The Morgan fingerprint density at radius 1 is 1.22 bits per heavy atom. The number of amides is 1. The molecule has 3 rings (SSSR count). The number of benzene rings is 2. The van der Waals surface area contributed by atoms with Crippen LogP contribution in [0.15, 0.2) is 46.7 Å². The van der Waals surface area contributed by atoms with Gasteiger partial charge in [-0.25, -0.2) is 17.8 Å². The smallest absolute Gasteiger partial charge is 0.257 e. The van der Waals surface area contributed by atoms with Gasteiger partial charge in [0.05, 0.1) is 17.8 Å². The van der Waals surface area contributed by atoms with Crippen LogP contribution in [0.2, 0.25) is 5.02 Å². The molecule has 1 heterocycles. The minimum atomic E-state index is -3.85. The summed E-state index contributed by atoms with van der Waals surface area (Å²) in [5, 5.41) is 4.59. The molecule has 170 valence electrons. The van der Waals surface area contributed by atoms with Crippen LogP contribution in [0.1, 0.15) is 24.2 Å². The quantitative estimate of drug-likeness (QED) is 0.478. The zero-order chi connectivity index (χ0) is 23.5. The summed E-state index contributed by atoms with van der Waals surface area (Å²) in [4.78, 5) is 16.9. The average molecular weight is 498 g/mol. The zero-order valence-corrected chi connectivity index (χ0v) is 19.9. The van der Waals surface area contributed by atoms with Crippen LogP contribution in [0, 0.1) is 5.82 Å². The van der Waals surface area contributed by atoms with Gasteiger partial charge < -0.3 is 4.74 Å². The van der Waals surface area contributed by atoms with Crippen molar-refractivity contribution in [1.82, 2.24) is 9.29 Å². The molecular weight excluding hydrogens is 477 g/mol. The molecule has 0 aliphatic heterocycles. The molecule has 3 aromatic rings. The van der Waals surface area contributed by atoms with E-state index in [0.717, 1.165) is 11.3 Å². The Morgan fingerprint density at radius 2 is 1.94 bits per heavy atom. The molecule has 7 nitrogen and oxygen atoms in total. The Kier molecular flexibility index (Phi) is 7.50. The van der Waals surface area contributed by atoms with Gasteiger partial charge in [0.25, 0.3) is 5.91 Å². The van der Waals surface area contributed by atoms with Crippen LogP contribution in [0.25, 0.3) is 11.3 Å². The summed E-state index contributed by atoms with van der Waals surface area (Å²) in [6, 6.07) is 8.12. The van der Waals surface area contributed by atoms with Crippen LogP contribution < -0.4 is 10.1 Å². The van der Waals surface area contributed by atoms with Crippen LogP contribution in [0.5, 0.6) is 5.75 Å². The number of carbonyl (C=O) groups excluding carboxylic acids is 1. The molecule has 1 amide bonds. The molecule has 0 unspecified atom stereocenters. The van der Waals surface area contributed by atoms with E-state index in [1.165, 1.54) is 47.8 Å². The maximum atomic E-state index is 13.7. The standard InChI is InChI=1S/C21H21ClFN3O4S2/c1-4-26(5-2)32(28,29)19-10-13(6-8-16(19)22)20(27)25-21-24-17(12-31-21)15-11-14(23)7-9-18(15)30-3/h6-12H,4-5H2,1-3H3,(H,24,25,27). The molecule has 0 saturated heterocycles. The molecule has 0 aliphatic carbocycles. The summed E-state index contributed by atoms with van der Waals surface area (Å²) in [5.74, 6) is -0.550. The van der Waals surface area contributed by atoms with Crippen LogP contribution >= 0.6 is 22.9 Å². The minimum absolute atomic E-state index is 0.0307. The molecular formula is C21H21ClFN3O4S2. The Bertz CT molecular complexity index is 1240. The number of aromatic nitrogens is 1. The van der Waals surface area contributed by atoms with Crippen molar-refractivity contribution in [1.29, 1.82) is 0 Å². The van der Waals surface area contributed by atoms with Gasteiger partial charge in [0.15, 0.2) is 5.13 Å². The number of carbonyl (C=O) groups is 1. The maximum Gasteiger partial charge on any atom is 0.257 e. The van der Waals surface area contributed by atoms with Crippen LogP contribution in [0.3, 0.4) is 0 Å². The van der Waals surface area contributed by atoms with E-state index in [9.17, 15) is 17.6 Å². The largest absolute Gasteiger partial charge is 0.496 e. The predicted octanol–water partition coefficient (Wildman–Crippen LogP) is 4.89. The summed E-state index contributed by atoms with van der Waals surface area (Å²) in [6.07, 6.45) is 0. The first-order chi connectivity index (χ1) is 15.2. The summed E-state index contributed by atoms with van der Waals surface area (Å²) in [5.41, 5.74) is 0.992. The molecule has 2 aromatic carbocycles. The van der Waals surface area contributed by atoms with E-state index in [-0.39, 0.29) is 33.7 Å². The van der Waals surface area contributed by atoms with Gasteiger partial charge in [-0.05, 0) is 36.4 Å². The maximum absolute atomic E-state index is 13.7. The normalized spacial score (nSPS) is 11.6. The van der Waals surface area contributed by atoms with Crippen molar-refractivity contribution in [2.45, 2.75) is 18.7 Å². The number of methoxy groups -OCH3 is 1. The Morgan fingerprint density at radius 3 is 2.59 bits per heavy atom. The second-order valence-electron chi connectivity index (χ2n) is 6.57. The zero-order valence-electron chi connectivity index (χ0n) is 17.6. The van der Waals surface area contributed by atoms with Gasteiger partial charge >= 0.3 is 0 Å². The van der Waals surface area contributed by atoms with Crippen LogP contribution in [-0.4, -0.2) is 43.8 Å². The first kappa shape index (κ1) is 24.1. The average Bonchev–Trinajstić information content (AvgIpc) is 3.22. The lowest BCUT2D eigenvalue weighted by atomic mass is 10.1. The number of halogens is 2. The fraction of sp³-hybridized carbons (Fsp3) is 0.238. The third-order valence-corrected chi connectivity index (χ3v) is 7.97. The van der Waals surface area contributed by atoms with Crippen molar-refractivity contribution in [2.75, 3.05) is 25.5 Å². The molecule has 0 atom stereocenters. The topological polar surface area (TPSA) is 88.6 Å². The summed E-state index contributed by atoms with van der Waals surface area (Å²) in [6.45, 7) is 3.99. The highest BCUT2D eigenvalue weighted by atomic mass is 35.5. The van der Waals surface area contributed by atoms with Crippen molar-refractivity contribution in [3.05, 3.63) is 58.2 Å². The highest BCUT2D eigenvalue weighted by Gasteiger charge is 2.26. The molecule has 1 aromatic heterocycles. The monoisotopic (exact) mass is 497 g/mol. The second-order valence-corrected chi connectivity index (χ2v) is 9.74. The van der Waals surface area contributed by atoms with E-state index in [2.05, 4.69) is 10.3 Å². The van der Waals surface area contributed by atoms with Gasteiger partial charge in [-0.15, -0.1) is 11.3 Å². The first-order valence-corrected chi connectivity index (χ1v) is 12.3. The van der Waals surface area contributed by atoms with Crippen molar-refractivity contribution >= 4 is 44.0 Å². The van der Waals surface area contributed by atoms with Gasteiger partial charge in [0.1, 0.15) is 16.5 Å². The lowest BCUT2D eigenvalue weighted by molar-refractivity contribution is 0.102. The number of thiazole rings is 1. The molecule has 0 fully saturated rings. The molecule has 0 bridgehead atoms. The summed E-state index contributed by atoms with van der Waals surface area (Å²) in [7, 11) is -2.38. The fourth-order valence-corrected chi connectivity index (χ4v) is 5.71. The molecule has 0 radical (unpaired) electrons. The van der Waals surface area contributed by atoms with Crippen molar-refractivity contribution in [3.8, 4) is 17.0 Å². The number of hydrogen-bond acceptors (Lipinski definition) is 6. The Labute approximate surface area is 194 Å². The van der Waals surface area contributed by atoms with E-state index in [4.69, 9.17) is 16.3 Å². The second kappa shape index (κ2) is 9.95. The van der Waals surface area contributed by atoms with Gasteiger partial charge in [-0.1, -0.05) is 25.4 Å². The number of anilines is 1. The molecule has 0 spiro atoms. The van der Waals surface area contributed by atoms with Gasteiger partial charge in [-0.2, -0.15) is 4.31 Å². The third kappa shape index (κ3) is 4.93. The van der Waals surface area contributed by atoms with Crippen LogP contribution in [-0.2, 0) is 10.0 Å². The molecule has 1 N–H and O–H groups in total. The molecule has 0 aliphatic rings. The first-order valence-electron chi connectivity index (χ1n) is 9.61. The van der Waals surface area contributed by atoms with E-state index >= 15 is 0 Å². The van der Waals surface area contributed by atoms with Gasteiger partial charge in [0.2, 0.25) is 10.0 Å². The number of nitrogens with one attached hydrogen (secondary N) is 1. The minimum Gasteiger partial charge on any atom is -0.496 e. The number of nitrogens with zero attached hydrogens (tertiary/aromatic N) is 2. The lowest BCUT2D eigenvalue weighted by Gasteiger charge is -2.19. The highest BCUT2D eigenvalue weighted by molar-refractivity contribution is 7.89. The van der Waals surface area contributed by atoms with E-state index < -0.39 is 21.7 Å². The van der Waals surface area contributed by atoms with Crippen molar-refractivity contribution in [2.24, 2.45) is 0 Å². The van der Waals surface area contributed by atoms with Crippen LogP contribution in [0.4, 0.5) is 9.52 Å².